The monoisotopic (exact) mass is 547 g/mol. The van der Waals surface area contributed by atoms with Crippen LogP contribution in [0.25, 0.3) is 0 Å². The lowest BCUT2D eigenvalue weighted by Crippen LogP contribution is -2.40. The van der Waals surface area contributed by atoms with Crippen LogP contribution >= 0.6 is 11.6 Å². The molecule has 3 aromatic rings. The first-order valence-electron chi connectivity index (χ1n) is 13.6. The lowest BCUT2D eigenvalue weighted by atomic mass is 9.84. The van der Waals surface area contributed by atoms with Gasteiger partial charge in [-0.25, -0.2) is 4.79 Å². The van der Waals surface area contributed by atoms with Crippen molar-refractivity contribution in [1.82, 2.24) is 4.90 Å². The van der Waals surface area contributed by atoms with Gasteiger partial charge in [0.15, 0.2) is 11.4 Å². The first-order valence-corrected chi connectivity index (χ1v) is 14.0. The summed E-state index contributed by atoms with van der Waals surface area (Å²) in [6, 6.07) is 21.8. The molecule has 1 fully saturated rings. The van der Waals surface area contributed by atoms with Gasteiger partial charge in [-0.1, -0.05) is 54.1 Å². The first kappa shape index (κ1) is 28.8. The molecule has 1 heterocycles. The number of nitrogens with zero attached hydrogens (tertiary/aromatic N) is 1. The number of halogens is 1. The van der Waals surface area contributed by atoms with E-state index >= 15 is 0 Å². The molecule has 206 valence electrons. The molecular formula is C33H38ClNO4. The van der Waals surface area contributed by atoms with Gasteiger partial charge in [-0.2, -0.15) is 0 Å². The van der Waals surface area contributed by atoms with E-state index in [-0.39, 0.29) is 23.6 Å². The Morgan fingerprint density at radius 1 is 0.949 bits per heavy atom. The van der Waals surface area contributed by atoms with E-state index in [1.807, 2.05) is 32.0 Å². The molecule has 2 atom stereocenters. The Balaban J connectivity index is 1.56. The molecule has 0 radical (unpaired) electrons. The van der Waals surface area contributed by atoms with Crippen LogP contribution in [-0.2, 0) is 22.5 Å². The number of carbonyl (C=O) groups excluding carboxylic acids is 2. The molecule has 1 saturated heterocycles. The van der Waals surface area contributed by atoms with Crippen molar-refractivity contribution in [3.63, 3.8) is 0 Å². The summed E-state index contributed by atoms with van der Waals surface area (Å²) >= 11 is 6.09. The Bertz CT molecular complexity index is 1280. The summed E-state index contributed by atoms with van der Waals surface area (Å²) in [6.45, 7) is 11.9. The summed E-state index contributed by atoms with van der Waals surface area (Å²) in [5.41, 5.74) is 3.93. The second kappa shape index (κ2) is 12.4. The molecule has 3 aromatic carbocycles. The minimum atomic E-state index is -1.09. The minimum Gasteiger partial charge on any atom is -0.476 e. The minimum absolute atomic E-state index is 0.117. The molecular weight excluding hydrogens is 510 g/mol. The highest BCUT2D eigenvalue weighted by atomic mass is 35.5. The van der Waals surface area contributed by atoms with Crippen molar-refractivity contribution >= 4 is 23.4 Å². The number of ether oxygens (including phenoxy) is 2. The van der Waals surface area contributed by atoms with Gasteiger partial charge in [0, 0.05) is 36.1 Å². The Morgan fingerprint density at radius 3 is 2.21 bits per heavy atom. The molecule has 39 heavy (non-hydrogen) atoms. The molecule has 1 unspecified atom stereocenters. The smallest absolute Gasteiger partial charge is 0.349 e. The number of esters is 1. The zero-order valence-electron chi connectivity index (χ0n) is 23.5. The van der Waals surface area contributed by atoms with Crippen molar-refractivity contribution < 1.29 is 19.1 Å². The van der Waals surface area contributed by atoms with Gasteiger partial charge >= 0.3 is 5.97 Å². The maximum absolute atomic E-state index is 13.7. The van der Waals surface area contributed by atoms with Crippen LogP contribution in [0, 0.1) is 25.7 Å². The standard InChI is InChI=1S/C33H38ClNO4/c1-6-38-32(37)33(4,5)39-31-22(2)16-25(17-23(31)3)18-27-20-35(19-24-10-8-7-9-11-24)21-29(27)30(36)26-12-14-28(34)15-13-26/h7-17,27,29H,6,18-21H2,1-5H3/t27-,29?/m0/s1. The highest BCUT2D eigenvalue weighted by molar-refractivity contribution is 6.30. The fourth-order valence-corrected chi connectivity index (χ4v) is 5.61. The summed E-state index contributed by atoms with van der Waals surface area (Å²) in [5.74, 6) is 0.521. The lowest BCUT2D eigenvalue weighted by molar-refractivity contribution is -0.158. The van der Waals surface area contributed by atoms with Gasteiger partial charge in [0.1, 0.15) is 5.75 Å². The third-order valence-corrected chi connectivity index (χ3v) is 7.63. The average Bonchev–Trinajstić information content (AvgIpc) is 3.28. The molecule has 1 aliphatic rings. The largest absolute Gasteiger partial charge is 0.476 e. The number of ketones is 1. The summed E-state index contributed by atoms with van der Waals surface area (Å²) < 4.78 is 11.4. The predicted octanol–water partition coefficient (Wildman–Crippen LogP) is 6.85. The van der Waals surface area contributed by atoms with Gasteiger partial charge in [0.2, 0.25) is 0 Å². The fourth-order valence-electron chi connectivity index (χ4n) is 5.49. The number of carbonyl (C=O) groups is 2. The van der Waals surface area contributed by atoms with Gasteiger partial charge in [-0.15, -0.1) is 0 Å². The highest BCUT2D eigenvalue weighted by Gasteiger charge is 2.38. The molecule has 0 aliphatic carbocycles. The van der Waals surface area contributed by atoms with Crippen molar-refractivity contribution in [1.29, 1.82) is 0 Å². The molecule has 1 aliphatic heterocycles. The van der Waals surface area contributed by atoms with Gasteiger partial charge in [-0.05, 0) is 93.5 Å². The third kappa shape index (κ3) is 7.09. The first-order chi connectivity index (χ1) is 18.6. The van der Waals surface area contributed by atoms with Crippen LogP contribution in [0.4, 0.5) is 0 Å². The average molecular weight is 548 g/mol. The number of hydrogen-bond donors (Lipinski definition) is 0. The predicted molar refractivity (Wildman–Crippen MR) is 155 cm³/mol. The summed E-state index contributed by atoms with van der Waals surface area (Å²) in [5, 5.41) is 0.625. The number of aryl methyl sites for hydroxylation is 2. The summed E-state index contributed by atoms with van der Waals surface area (Å²) in [4.78, 5) is 28.5. The molecule has 0 amide bonds. The fraction of sp³-hybridized carbons (Fsp3) is 0.394. The molecule has 0 bridgehead atoms. The number of benzene rings is 3. The van der Waals surface area contributed by atoms with Crippen molar-refractivity contribution in [2.24, 2.45) is 11.8 Å². The van der Waals surface area contributed by atoms with Crippen molar-refractivity contribution in [2.45, 2.75) is 53.2 Å². The van der Waals surface area contributed by atoms with Gasteiger partial charge in [-0.3, -0.25) is 9.69 Å². The number of hydrogen-bond acceptors (Lipinski definition) is 5. The van der Waals surface area contributed by atoms with Gasteiger partial charge in [0.05, 0.1) is 6.61 Å². The van der Waals surface area contributed by atoms with Crippen LogP contribution in [-0.4, -0.2) is 41.9 Å². The van der Waals surface area contributed by atoms with E-state index in [0.29, 0.717) is 29.5 Å². The van der Waals surface area contributed by atoms with E-state index in [9.17, 15) is 9.59 Å². The van der Waals surface area contributed by atoms with Gasteiger partial charge in [0.25, 0.3) is 0 Å². The number of likely N-dealkylation sites (tertiary alicyclic amines) is 1. The second-order valence-electron chi connectivity index (χ2n) is 11.0. The summed E-state index contributed by atoms with van der Waals surface area (Å²) in [7, 11) is 0. The number of Topliss-reactive ketones (excluding diaryl/α,β-unsaturated/α-hetero) is 1. The molecule has 0 saturated carbocycles. The maximum Gasteiger partial charge on any atom is 0.349 e. The lowest BCUT2D eigenvalue weighted by Gasteiger charge is -2.27. The van der Waals surface area contributed by atoms with E-state index in [4.69, 9.17) is 21.1 Å². The van der Waals surface area contributed by atoms with Crippen molar-refractivity contribution in [3.8, 4) is 5.75 Å². The molecule has 5 nitrogen and oxygen atoms in total. The van der Waals surface area contributed by atoms with Crippen LogP contribution in [0.15, 0.2) is 66.7 Å². The Hall–Kier alpha value is -3.15. The zero-order valence-corrected chi connectivity index (χ0v) is 24.3. The van der Waals surface area contributed by atoms with Crippen LogP contribution in [0.2, 0.25) is 5.02 Å². The highest BCUT2D eigenvalue weighted by Crippen LogP contribution is 2.34. The van der Waals surface area contributed by atoms with Gasteiger partial charge < -0.3 is 9.47 Å². The zero-order chi connectivity index (χ0) is 28.2. The SMILES string of the molecule is CCOC(=O)C(C)(C)Oc1c(C)cc(C[C@H]2CN(Cc3ccccc3)CC2C(=O)c2ccc(Cl)cc2)cc1C. The normalized spacial score (nSPS) is 17.7. The van der Waals surface area contributed by atoms with Crippen LogP contribution in [0.5, 0.6) is 5.75 Å². The van der Waals surface area contributed by atoms with Crippen LogP contribution < -0.4 is 4.74 Å². The van der Waals surface area contributed by atoms with E-state index in [2.05, 4.69) is 41.3 Å². The molecule has 6 heteroatoms. The van der Waals surface area contributed by atoms with Crippen LogP contribution in [0.3, 0.4) is 0 Å². The Kier molecular flexibility index (Phi) is 9.14. The Labute approximate surface area is 237 Å². The molecule has 0 aromatic heterocycles. The topological polar surface area (TPSA) is 55.8 Å². The third-order valence-electron chi connectivity index (χ3n) is 7.37. The molecule has 0 N–H and O–H groups in total. The van der Waals surface area contributed by atoms with Crippen molar-refractivity contribution in [2.75, 3.05) is 19.7 Å². The van der Waals surface area contributed by atoms with E-state index in [1.165, 1.54) is 5.56 Å². The second-order valence-corrected chi connectivity index (χ2v) is 11.4. The van der Waals surface area contributed by atoms with E-state index < -0.39 is 5.60 Å². The quantitative estimate of drug-likeness (QED) is 0.205. The van der Waals surface area contributed by atoms with Crippen LogP contribution in [0.1, 0.15) is 53.4 Å². The van der Waals surface area contributed by atoms with E-state index in [1.54, 1.807) is 32.9 Å². The molecule has 0 spiro atoms. The maximum atomic E-state index is 13.7. The van der Waals surface area contributed by atoms with Crippen molar-refractivity contribution in [3.05, 3.63) is 99.6 Å². The van der Waals surface area contributed by atoms with E-state index in [0.717, 1.165) is 36.2 Å². The number of rotatable bonds is 10. The Morgan fingerprint density at radius 2 is 1.59 bits per heavy atom. The molecule has 4 rings (SSSR count). The summed E-state index contributed by atoms with van der Waals surface area (Å²) in [6.07, 6.45) is 0.776.